The first-order chi connectivity index (χ1) is 12.5. The molecule has 2 aromatic rings. The molecule has 2 N–H and O–H groups in total. The van der Waals surface area contributed by atoms with Crippen LogP contribution >= 0.6 is 0 Å². The molecule has 26 heavy (non-hydrogen) atoms. The molecule has 1 aliphatic carbocycles. The van der Waals surface area contributed by atoms with Crippen molar-refractivity contribution < 1.29 is 14.6 Å². The number of hydrogen-bond donors (Lipinski definition) is 2. The van der Waals surface area contributed by atoms with Gasteiger partial charge in [0.1, 0.15) is 18.5 Å². The average Bonchev–Trinajstić information content (AvgIpc) is 3.47. The zero-order chi connectivity index (χ0) is 18.5. The van der Waals surface area contributed by atoms with Gasteiger partial charge in [0.05, 0.1) is 0 Å². The number of hydrogen-bond acceptors (Lipinski definition) is 4. The standard InChI is InChI=1S/C22H27NO3/c1-15-3-5-18(6-4-15)22(19-7-8-19)23-13-20(25)14-26-21-11-9-17(10-12-21)16(2)24/h3-6,9-12,19-20,22-23,25H,7-8,13-14H2,1-2H3/t20-,22-/m1/s1. The molecule has 0 heterocycles. The Morgan fingerprint density at radius 2 is 1.81 bits per heavy atom. The number of Topliss-reactive ketones (excluding diaryl/α,β-unsaturated/α-hetero) is 1. The first-order valence-corrected chi connectivity index (χ1v) is 9.25. The summed E-state index contributed by atoms with van der Waals surface area (Å²) < 4.78 is 5.63. The Morgan fingerprint density at radius 1 is 1.15 bits per heavy atom. The molecule has 0 amide bonds. The van der Waals surface area contributed by atoms with Gasteiger partial charge in [-0.3, -0.25) is 4.79 Å². The summed E-state index contributed by atoms with van der Waals surface area (Å²) in [5.41, 5.74) is 3.20. The van der Waals surface area contributed by atoms with Crippen LogP contribution in [0, 0.1) is 12.8 Å². The van der Waals surface area contributed by atoms with Gasteiger partial charge < -0.3 is 15.2 Å². The molecule has 0 aromatic heterocycles. The van der Waals surface area contributed by atoms with E-state index in [0.29, 0.717) is 29.8 Å². The normalized spacial score (nSPS) is 16.1. The molecule has 1 fully saturated rings. The van der Waals surface area contributed by atoms with Gasteiger partial charge in [-0.15, -0.1) is 0 Å². The summed E-state index contributed by atoms with van der Waals surface area (Å²) in [6.45, 7) is 4.33. The number of ether oxygens (including phenoxy) is 1. The Balaban J connectivity index is 1.48. The molecular formula is C22H27NO3. The van der Waals surface area contributed by atoms with E-state index in [2.05, 4.69) is 36.5 Å². The molecule has 4 heteroatoms. The van der Waals surface area contributed by atoms with E-state index < -0.39 is 6.10 Å². The molecule has 2 atom stereocenters. The van der Waals surface area contributed by atoms with Crippen LogP contribution in [-0.2, 0) is 0 Å². The number of aliphatic hydroxyl groups is 1. The number of carbonyl (C=O) groups excluding carboxylic acids is 1. The van der Waals surface area contributed by atoms with Crippen LogP contribution in [0.1, 0.15) is 47.3 Å². The van der Waals surface area contributed by atoms with Crippen molar-refractivity contribution in [1.82, 2.24) is 5.32 Å². The number of aryl methyl sites for hydroxylation is 1. The summed E-state index contributed by atoms with van der Waals surface area (Å²) in [6, 6.07) is 15.9. The maximum Gasteiger partial charge on any atom is 0.159 e. The van der Waals surface area contributed by atoms with Gasteiger partial charge in [-0.05, 0) is 62.4 Å². The van der Waals surface area contributed by atoms with Crippen molar-refractivity contribution in [2.75, 3.05) is 13.2 Å². The van der Waals surface area contributed by atoms with Gasteiger partial charge in [0.15, 0.2) is 5.78 Å². The highest BCUT2D eigenvalue weighted by atomic mass is 16.5. The highest BCUT2D eigenvalue weighted by Crippen LogP contribution is 2.41. The highest BCUT2D eigenvalue weighted by molar-refractivity contribution is 5.94. The zero-order valence-electron chi connectivity index (χ0n) is 15.4. The summed E-state index contributed by atoms with van der Waals surface area (Å²) >= 11 is 0. The quantitative estimate of drug-likeness (QED) is 0.675. The number of carbonyl (C=O) groups is 1. The van der Waals surface area contributed by atoms with Crippen LogP contribution in [0.2, 0.25) is 0 Å². The third-order valence-corrected chi connectivity index (χ3v) is 4.81. The maximum atomic E-state index is 11.3. The summed E-state index contributed by atoms with van der Waals surface area (Å²) in [4.78, 5) is 11.3. The van der Waals surface area contributed by atoms with Gasteiger partial charge in [0.2, 0.25) is 0 Å². The van der Waals surface area contributed by atoms with Crippen LogP contribution in [-0.4, -0.2) is 30.1 Å². The highest BCUT2D eigenvalue weighted by Gasteiger charge is 2.32. The first-order valence-electron chi connectivity index (χ1n) is 9.25. The fourth-order valence-corrected chi connectivity index (χ4v) is 3.06. The van der Waals surface area contributed by atoms with E-state index in [0.717, 1.165) is 0 Å². The minimum Gasteiger partial charge on any atom is -0.491 e. The van der Waals surface area contributed by atoms with Crippen molar-refractivity contribution in [3.8, 4) is 5.75 Å². The number of rotatable bonds is 9. The fraction of sp³-hybridized carbons (Fsp3) is 0.409. The van der Waals surface area contributed by atoms with Crippen molar-refractivity contribution in [3.05, 3.63) is 65.2 Å². The van der Waals surface area contributed by atoms with E-state index >= 15 is 0 Å². The number of benzene rings is 2. The topological polar surface area (TPSA) is 58.6 Å². The van der Waals surface area contributed by atoms with Gasteiger partial charge >= 0.3 is 0 Å². The largest absolute Gasteiger partial charge is 0.491 e. The van der Waals surface area contributed by atoms with Gasteiger partial charge in [-0.25, -0.2) is 0 Å². The molecule has 138 valence electrons. The van der Waals surface area contributed by atoms with E-state index in [1.807, 2.05) is 0 Å². The third kappa shape index (κ3) is 5.16. The molecule has 1 saturated carbocycles. The first kappa shape index (κ1) is 18.6. The second-order valence-electron chi connectivity index (χ2n) is 7.18. The molecule has 1 aliphatic rings. The summed E-state index contributed by atoms with van der Waals surface area (Å²) in [5.74, 6) is 1.35. The van der Waals surface area contributed by atoms with Crippen LogP contribution < -0.4 is 10.1 Å². The van der Waals surface area contributed by atoms with E-state index in [1.165, 1.54) is 30.9 Å². The molecule has 0 unspecified atom stereocenters. The van der Waals surface area contributed by atoms with Crippen molar-refractivity contribution in [2.45, 2.75) is 38.8 Å². The van der Waals surface area contributed by atoms with Crippen molar-refractivity contribution >= 4 is 5.78 Å². The maximum absolute atomic E-state index is 11.3. The van der Waals surface area contributed by atoms with Crippen molar-refractivity contribution in [2.24, 2.45) is 5.92 Å². The lowest BCUT2D eigenvalue weighted by Crippen LogP contribution is -2.34. The van der Waals surface area contributed by atoms with Crippen LogP contribution in [0.5, 0.6) is 5.75 Å². The lowest BCUT2D eigenvalue weighted by Gasteiger charge is -2.21. The number of ketones is 1. The minimum absolute atomic E-state index is 0.0306. The second kappa shape index (κ2) is 8.47. The van der Waals surface area contributed by atoms with Crippen LogP contribution in [0.25, 0.3) is 0 Å². The minimum atomic E-state index is -0.589. The molecule has 2 aromatic carbocycles. The molecule has 4 nitrogen and oxygen atoms in total. The molecule has 0 radical (unpaired) electrons. The second-order valence-corrected chi connectivity index (χ2v) is 7.18. The Labute approximate surface area is 155 Å². The smallest absolute Gasteiger partial charge is 0.159 e. The molecule has 0 spiro atoms. The lowest BCUT2D eigenvalue weighted by atomic mass is 10.0. The Morgan fingerprint density at radius 3 is 2.38 bits per heavy atom. The van der Waals surface area contributed by atoms with Crippen molar-refractivity contribution in [1.29, 1.82) is 0 Å². The van der Waals surface area contributed by atoms with Gasteiger partial charge in [0.25, 0.3) is 0 Å². The van der Waals surface area contributed by atoms with E-state index in [9.17, 15) is 9.90 Å². The summed E-state index contributed by atoms with van der Waals surface area (Å²) in [7, 11) is 0. The lowest BCUT2D eigenvalue weighted by molar-refractivity contribution is 0.101. The van der Waals surface area contributed by atoms with Gasteiger partial charge in [-0.2, -0.15) is 0 Å². The Hall–Kier alpha value is -2.17. The van der Waals surface area contributed by atoms with E-state index in [4.69, 9.17) is 4.74 Å². The number of aliphatic hydroxyl groups excluding tert-OH is 1. The molecule has 0 saturated heterocycles. The van der Waals surface area contributed by atoms with Crippen LogP contribution in [0.15, 0.2) is 48.5 Å². The average molecular weight is 353 g/mol. The Kier molecular flexibility index (Phi) is 6.07. The summed E-state index contributed by atoms with van der Waals surface area (Å²) in [5, 5.41) is 13.8. The SMILES string of the molecule is CC(=O)c1ccc(OC[C@H](O)CN[C@H](c2ccc(C)cc2)C2CC2)cc1. The van der Waals surface area contributed by atoms with Gasteiger partial charge in [0, 0.05) is 18.2 Å². The third-order valence-electron chi connectivity index (χ3n) is 4.81. The van der Waals surface area contributed by atoms with Crippen LogP contribution in [0.4, 0.5) is 0 Å². The molecule has 0 aliphatic heterocycles. The predicted molar refractivity (Wildman–Crippen MR) is 103 cm³/mol. The zero-order valence-corrected chi connectivity index (χ0v) is 15.4. The molecular weight excluding hydrogens is 326 g/mol. The van der Waals surface area contributed by atoms with Crippen molar-refractivity contribution in [3.63, 3.8) is 0 Å². The van der Waals surface area contributed by atoms with E-state index in [1.54, 1.807) is 24.3 Å². The number of nitrogens with one attached hydrogen (secondary N) is 1. The predicted octanol–water partition coefficient (Wildman–Crippen LogP) is 3.68. The van der Waals surface area contributed by atoms with E-state index in [-0.39, 0.29) is 12.4 Å². The molecule has 0 bridgehead atoms. The van der Waals surface area contributed by atoms with Crippen LogP contribution in [0.3, 0.4) is 0 Å². The summed E-state index contributed by atoms with van der Waals surface area (Å²) in [6.07, 6.45) is 1.88. The fourth-order valence-electron chi connectivity index (χ4n) is 3.06. The Bertz CT molecular complexity index is 720. The monoisotopic (exact) mass is 353 g/mol. The molecule has 3 rings (SSSR count). The van der Waals surface area contributed by atoms with Gasteiger partial charge in [-0.1, -0.05) is 29.8 Å².